The molecule has 0 unspecified atom stereocenters. The van der Waals surface area contributed by atoms with E-state index in [4.69, 9.17) is 11.6 Å². The van der Waals surface area contributed by atoms with E-state index in [2.05, 4.69) is 31.1 Å². The van der Waals surface area contributed by atoms with Gasteiger partial charge in [-0.15, -0.1) is 0 Å². The minimum Gasteiger partial charge on any atom is -0.380 e. The molecule has 14 heavy (non-hydrogen) atoms. The maximum atomic E-state index is 5.81. The number of hydrogen-bond donors (Lipinski definition) is 1. The first-order valence-electron chi connectivity index (χ1n) is 4.99. The van der Waals surface area contributed by atoms with Gasteiger partial charge in [0.15, 0.2) is 0 Å². The van der Waals surface area contributed by atoms with Gasteiger partial charge in [0.05, 0.1) is 0 Å². The summed E-state index contributed by atoms with van der Waals surface area (Å²) in [6.07, 6.45) is 3.89. The standard InChI is InChI=1S/C11H17ClN2/c1-4-11(3,5-2)14-9-6-7-13-10(12)8-9/h6-8H,4-5H2,1-3H3,(H,13,14). The van der Waals surface area contributed by atoms with Gasteiger partial charge in [0.1, 0.15) is 5.15 Å². The molecule has 3 heteroatoms. The van der Waals surface area contributed by atoms with Crippen molar-refractivity contribution in [1.29, 1.82) is 0 Å². The fraction of sp³-hybridized carbons (Fsp3) is 0.545. The first kappa shape index (κ1) is 11.3. The van der Waals surface area contributed by atoms with Crippen molar-refractivity contribution >= 4 is 17.3 Å². The first-order chi connectivity index (χ1) is 6.59. The quantitative estimate of drug-likeness (QED) is 0.770. The lowest BCUT2D eigenvalue weighted by atomic mass is 9.95. The van der Waals surface area contributed by atoms with Gasteiger partial charge in [-0.1, -0.05) is 25.4 Å². The smallest absolute Gasteiger partial charge is 0.131 e. The summed E-state index contributed by atoms with van der Waals surface area (Å²) in [7, 11) is 0. The number of halogens is 1. The van der Waals surface area contributed by atoms with E-state index in [0.29, 0.717) is 5.15 Å². The van der Waals surface area contributed by atoms with Crippen molar-refractivity contribution in [3.8, 4) is 0 Å². The SMILES string of the molecule is CCC(C)(CC)Nc1ccnc(Cl)c1. The van der Waals surface area contributed by atoms with Crippen LogP contribution in [0.2, 0.25) is 5.15 Å². The lowest BCUT2D eigenvalue weighted by Gasteiger charge is -2.29. The summed E-state index contributed by atoms with van der Waals surface area (Å²) in [6.45, 7) is 6.57. The van der Waals surface area contributed by atoms with Gasteiger partial charge in [-0.25, -0.2) is 4.98 Å². The van der Waals surface area contributed by atoms with Crippen LogP contribution in [-0.4, -0.2) is 10.5 Å². The van der Waals surface area contributed by atoms with E-state index in [1.807, 2.05) is 12.1 Å². The molecular weight excluding hydrogens is 196 g/mol. The summed E-state index contributed by atoms with van der Waals surface area (Å²) in [4.78, 5) is 3.95. The number of hydrogen-bond acceptors (Lipinski definition) is 2. The zero-order valence-electron chi connectivity index (χ0n) is 8.97. The average molecular weight is 213 g/mol. The van der Waals surface area contributed by atoms with Crippen LogP contribution in [0, 0.1) is 0 Å². The van der Waals surface area contributed by atoms with Gasteiger partial charge >= 0.3 is 0 Å². The third kappa shape index (κ3) is 2.88. The molecule has 0 saturated carbocycles. The molecular formula is C11H17ClN2. The highest BCUT2D eigenvalue weighted by Crippen LogP contribution is 2.22. The van der Waals surface area contributed by atoms with Gasteiger partial charge < -0.3 is 5.32 Å². The Kier molecular flexibility index (Phi) is 3.76. The van der Waals surface area contributed by atoms with E-state index in [9.17, 15) is 0 Å². The van der Waals surface area contributed by atoms with Crippen molar-refractivity contribution in [2.75, 3.05) is 5.32 Å². The van der Waals surface area contributed by atoms with Gasteiger partial charge in [-0.2, -0.15) is 0 Å². The summed E-state index contributed by atoms with van der Waals surface area (Å²) < 4.78 is 0. The molecule has 0 aromatic carbocycles. The van der Waals surface area contributed by atoms with Gasteiger partial charge in [0.2, 0.25) is 0 Å². The van der Waals surface area contributed by atoms with Gasteiger partial charge in [-0.3, -0.25) is 0 Å². The van der Waals surface area contributed by atoms with Gasteiger partial charge in [0.25, 0.3) is 0 Å². The predicted octanol–water partition coefficient (Wildman–Crippen LogP) is 3.73. The van der Waals surface area contributed by atoms with Gasteiger partial charge in [-0.05, 0) is 31.9 Å². The highest BCUT2D eigenvalue weighted by molar-refractivity contribution is 6.29. The molecule has 1 rings (SSSR count). The predicted molar refractivity (Wildman–Crippen MR) is 61.9 cm³/mol. The maximum absolute atomic E-state index is 5.81. The Labute approximate surface area is 90.7 Å². The monoisotopic (exact) mass is 212 g/mol. The highest BCUT2D eigenvalue weighted by Gasteiger charge is 2.18. The Morgan fingerprint density at radius 3 is 2.57 bits per heavy atom. The lowest BCUT2D eigenvalue weighted by Crippen LogP contribution is -2.32. The summed E-state index contributed by atoms with van der Waals surface area (Å²) in [5.74, 6) is 0. The summed E-state index contributed by atoms with van der Waals surface area (Å²) in [5.41, 5.74) is 1.18. The van der Waals surface area contributed by atoms with Crippen molar-refractivity contribution in [3.63, 3.8) is 0 Å². The molecule has 0 aliphatic heterocycles. The van der Waals surface area contributed by atoms with Crippen LogP contribution in [0.3, 0.4) is 0 Å². The summed E-state index contributed by atoms with van der Waals surface area (Å²) in [5, 5.41) is 4.00. The average Bonchev–Trinajstić information content (AvgIpc) is 2.18. The molecule has 0 spiro atoms. The van der Waals surface area contributed by atoms with E-state index < -0.39 is 0 Å². The van der Waals surface area contributed by atoms with Crippen LogP contribution in [0.5, 0.6) is 0 Å². The molecule has 1 heterocycles. The Hall–Kier alpha value is -0.760. The topological polar surface area (TPSA) is 24.9 Å². The van der Waals surface area contributed by atoms with E-state index in [1.54, 1.807) is 6.20 Å². The molecule has 0 radical (unpaired) electrons. The summed E-state index contributed by atoms with van der Waals surface area (Å²) in [6, 6.07) is 3.79. The van der Waals surface area contributed by atoms with E-state index >= 15 is 0 Å². The van der Waals surface area contributed by atoms with Crippen LogP contribution < -0.4 is 5.32 Å². The largest absolute Gasteiger partial charge is 0.380 e. The zero-order chi connectivity index (χ0) is 10.6. The molecule has 1 N–H and O–H groups in total. The minimum absolute atomic E-state index is 0.144. The zero-order valence-corrected chi connectivity index (χ0v) is 9.73. The number of nitrogens with zero attached hydrogens (tertiary/aromatic N) is 1. The molecule has 0 amide bonds. The fourth-order valence-electron chi connectivity index (χ4n) is 1.26. The Bertz CT molecular complexity index is 295. The number of anilines is 1. The van der Waals surface area contributed by atoms with Crippen molar-refractivity contribution in [1.82, 2.24) is 4.98 Å². The van der Waals surface area contributed by atoms with Crippen LogP contribution in [0.25, 0.3) is 0 Å². The number of nitrogens with one attached hydrogen (secondary N) is 1. The third-order valence-electron chi connectivity index (χ3n) is 2.73. The third-order valence-corrected chi connectivity index (χ3v) is 2.94. The Morgan fingerprint density at radius 1 is 1.43 bits per heavy atom. The van der Waals surface area contributed by atoms with E-state index in [0.717, 1.165) is 18.5 Å². The number of pyridine rings is 1. The molecule has 0 atom stereocenters. The van der Waals surface area contributed by atoms with Crippen LogP contribution in [0.4, 0.5) is 5.69 Å². The van der Waals surface area contributed by atoms with Crippen molar-refractivity contribution in [2.24, 2.45) is 0 Å². The maximum Gasteiger partial charge on any atom is 0.131 e. The molecule has 0 aliphatic carbocycles. The van der Waals surface area contributed by atoms with Crippen LogP contribution in [-0.2, 0) is 0 Å². The second-order valence-corrected chi connectivity index (χ2v) is 4.15. The van der Waals surface area contributed by atoms with Gasteiger partial charge in [0, 0.05) is 17.4 Å². The lowest BCUT2D eigenvalue weighted by molar-refractivity contribution is 0.478. The molecule has 1 aromatic heterocycles. The van der Waals surface area contributed by atoms with Crippen molar-refractivity contribution in [3.05, 3.63) is 23.5 Å². The van der Waals surface area contributed by atoms with E-state index in [-0.39, 0.29) is 5.54 Å². The molecule has 78 valence electrons. The number of aromatic nitrogens is 1. The molecule has 0 fully saturated rings. The molecule has 0 saturated heterocycles. The second-order valence-electron chi connectivity index (χ2n) is 3.76. The summed E-state index contributed by atoms with van der Waals surface area (Å²) >= 11 is 5.81. The minimum atomic E-state index is 0.144. The molecule has 1 aromatic rings. The molecule has 0 aliphatic rings. The first-order valence-corrected chi connectivity index (χ1v) is 5.37. The molecule has 0 bridgehead atoms. The second kappa shape index (κ2) is 4.65. The highest BCUT2D eigenvalue weighted by atomic mass is 35.5. The Balaban J connectivity index is 2.77. The van der Waals surface area contributed by atoms with E-state index in [1.165, 1.54) is 0 Å². The molecule has 2 nitrogen and oxygen atoms in total. The number of rotatable bonds is 4. The normalized spacial score (nSPS) is 11.4. The fourth-order valence-corrected chi connectivity index (χ4v) is 1.43. The van der Waals surface area contributed by atoms with Crippen molar-refractivity contribution in [2.45, 2.75) is 39.2 Å². The van der Waals surface area contributed by atoms with Crippen LogP contribution >= 0.6 is 11.6 Å². The van der Waals surface area contributed by atoms with Crippen molar-refractivity contribution < 1.29 is 0 Å². The van der Waals surface area contributed by atoms with Crippen LogP contribution in [0.15, 0.2) is 18.3 Å². The Morgan fingerprint density at radius 2 is 2.07 bits per heavy atom. The van der Waals surface area contributed by atoms with Crippen LogP contribution in [0.1, 0.15) is 33.6 Å².